The highest BCUT2D eigenvalue weighted by Gasteiger charge is 2.36. The summed E-state index contributed by atoms with van der Waals surface area (Å²) < 4.78 is 20.0. The minimum absolute atomic E-state index is 0.431. The first-order valence-corrected chi connectivity index (χ1v) is 18.3. The van der Waals surface area contributed by atoms with Crippen molar-refractivity contribution in [2.24, 2.45) is 5.41 Å². The molecule has 10 heteroatoms. The van der Waals surface area contributed by atoms with Gasteiger partial charge in [-0.2, -0.15) is 4.98 Å². The fourth-order valence-electron chi connectivity index (χ4n) is 6.66. The first-order chi connectivity index (χ1) is 20.7. The molecule has 3 N–H and O–H groups in total. The van der Waals surface area contributed by atoms with Crippen LogP contribution in [0, 0.1) is 12.3 Å². The molecule has 0 radical (unpaired) electrons. The van der Waals surface area contributed by atoms with Gasteiger partial charge in [0.15, 0.2) is 0 Å². The summed E-state index contributed by atoms with van der Waals surface area (Å²) in [7, 11) is -0.924. The second-order valence-corrected chi connectivity index (χ2v) is 16.3. The molecule has 0 atom stereocenters. The quantitative estimate of drug-likeness (QED) is 0.176. The Labute approximate surface area is 262 Å². The third-order valence-electron chi connectivity index (χ3n) is 9.03. The van der Waals surface area contributed by atoms with E-state index in [2.05, 4.69) is 60.8 Å². The molecule has 0 amide bonds. The molecule has 8 nitrogen and oxygen atoms in total. The monoisotopic (exact) mass is 662 g/mol. The smallest absolute Gasteiger partial charge is 0.229 e. The predicted octanol–water partition coefficient (Wildman–Crippen LogP) is 7.41. The van der Waals surface area contributed by atoms with E-state index in [4.69, 9.17) is 9.72 Å². The molecule has 2 saturated heterocycles. The van der Waals surface area contributed by atoms with E-state index in [9.17, 15) is 4.57 Å². The zero-order valence-corrected chi connectivity index (χ0v) is 27.8. The van der Waals surface area contributed by atoms with E-state index in [1.54, 1.807) is 26.6 Å². The van der Waals surface area contributed by atoms with Crippen LogP contribution >= 0.6 is 23.1 Å². The lowest BCUT2D eigenvalue weighted by Gasteiger charge is -2.45. The van der Waals surface area contributed by atoms with Crippen molar-refractivity contribution in [1.82, 2.24) is 15.3 Å². The number of anilines is 5. The summed E-state index contributed by atoms with van der Waals surface area (Å²) in [6, 6.07) is 16.3. The Morgan fingerprint density at radius 3 is 2.47 bits per heavy atom. The van der Waals surface area contributed by atoms with Crippen LogP contribution < -0.4 is 30.9 Å². The lowest BCUT2D eigenvalue weighted by atomic mass is 9.71. The van der Waals surface area contributed by atoms with Crippen LogP contribution in [0.15, 0.2) is 59.2 Å². The molecule has 2 aliphatic heterocycles. The van der Waals surface area contributed by atoms with Gasteiger partial charge in [0.25, 0.3) is 0 Å². The average Bonchev–Trinajstić information content (AvgIpc) is 2.99. The summed E-state index contributed by atoms with van der Waals surface area (Å²) in [5, 5.41) is 13.2. The lowest BCUT2D eigenvalue weighted by Crippen LogP contribution is -2.45. The SMILES string of the molecule is COc1cc(N2CCC3(CCNCC3)CC2)c(C)cc1Nc1ncc(Br)c(Nc2ccc3ccccc3c2P(C)(C)=O)n1. The first-order valence-electron chi connectivity index (χ1n) is 14.9. The summed E-state index contributed by atoms with van der Waals surface area (Å²) >= 11 is 3.60. The van der Waals surface area contributed by atoms with Crippen LogP contribution in [0.5, 0.6) is 5.75 Å². The van der Waals surface area contributed by atoms with Crippen LogP contribution in [0.1, 0.15) is 31.2 Å². The molecule has 6 rings (SSSR count). The maximum Gasteiger partial charge on any atom is 0.229 e. The fourth-order valence-corrected chi connectivity index (χ4v) is 8.45. The van der Waals surface area contributed by atoms with Crippen LogP contribution in [-0.4, -0.2) is 56.6 Å². The summed E-state index contributed by atoms with van der Waals surface area (Å²) in [5.41, 5.74) is 4.48. The van der Waals surface area contributed by atoms with Crippen molar-refractivity contribution >= 4 is 68.0 Å². The largest absolute Gasteiger partial charge is 0.494 e. The Morgan fingerprint density at radius 1 is 1.00 bits per heavy atom. The molecule has 1 aromatic heterocycles. The normalized spacial score (nSPS) is 16.8. The molecule has 0 aliphatic carbocycles. The van der Waals surface area contributed by atoms with Gasteiger partial charge in [0.2, 0.25) is 5.95 Å². The zero-order chi connectivity index (χ0) is 30.2. The molecule has 1 spiro atoms. The molecular formula is C33H40BrN6O2P. The maximum absolute atomic E-state index is 13.4. The van der Waals surface area contributed by atoms with Gasteiger partial charge in [-0.15, -0.1) is 0 Å². The molecule has 2 aliphatic rings. The van der Waals surface area contributed by atoms with Gasteiger partial charge in [-0.3, -0.25) is 0 Å². The van der Waals surface area contributed by atoms with Crippen molar-refractivity contribution in [1.29, 1.82) is 0 Å². The van der Waals surface area contributed by atoms with E-state index in [0.717, 1.165) is 59.4 Å². The van der Waals surface area contributed by atoms with Gasteiger partial charge in [0.05, 0.1) is 23.0 Å². The molecular weight excluding hydrogens is 623 g/mol. The number of methoxy groups -OCH3 is 1. The Morgan fingerprint density at radius 2 is 1.74 bits per heavy atom. The van der Waals surface area contributed by atoms with E-state index >= 15 is 0 Å². The molecule has 0 bridgehead atoms. The van der Waals surface area contributed by atoms with Crippen LogP contribution in [-0.2, 0) is 4.57 Å². The number of hydrogen-bond donors (Lipinski definition) is 3. The van der Waals surface area contributed by atoms with Gasteiger partial charge in [-0.25, -0.2) is 4.98 Å². The number of hydrogen-bond acceptors (Lipinski definition) is 8. The second-order valence-electron chi connectivity index (χ2n) is 12.2. The Kier molecular flexibility index (Phi) is 8.42. The first kappa shape index (κ1) is 29.9. The van der Waals surface area contributed by atoms with E-state index < -0.39 is 7.14 Å². The summed E-state index contributed by atoms with van der Waals surface area (Å²) in [5.74, 6) is 1.76. The maximum atomic E-state index is 13.4. The number of ether oxygens (including phenoxy) is 1. The number of piperidine rings is 2. The molecule has 226 valence electrons. The molecule has 4 aromatic rings. The number of nitrogens with one attached hydrogen (secondary N) is 3. The van der Waals surface area contributed by atoms with Crippen LogP contribution in [0.4, 0.5) is 28.8 Å². The fraction of sp³-hybridized carbons (Fsp3) is 0.394. The highest BCUT2D eigenvalue weighted by molar-refractivity contribution is 9.10. The molecule has 0 saturated carbocycles. The molecule has 43 heavy (non-hydrogen) atoms. The molecule has 0 unspecified atom stereocenters. The summed E-state index contributed by atoms with van der Waals surface area (Å²) in [4.78, 5) is 11.8. The van der Waals surface area contributed by atoms with E-state index in [0.29, 0.717) is 21.7 Å². The number of halogens is 1. The van der Waals surface area contributed by atoms with Crippen LogP contribution in [0.2, 0.25) is 0 Å². The second kappa shape index (κ2) is 12.1. The van der Waals surface area contributed by atoms with Crippen LogP contribution in [0.3, 0.4) is 0 Å². The lowest BCUT2D eigenvalue weighted by molar-refractivity contribution is 0.155. The Hall–Kier alpha value is -3.13. The molecule has 3 aromatic carbocycles. The number of aromatic nitrogens is 2. The topological polar surface area (TPSA) is 91.4 Å². The number of fused-ring (bicyclic) bond motifs is 1. The Bertz CT molecular complexity index is 1690. The minimum atomic E-state index is -2.62. The Balaban J connectivity index is 1.25. The number of benzene rings is 3. The zero-order valence-electron chi connectivity index (χ0n) is 25.3. The summed E-state index contributed by atoms with van der Waals surface area (Å²) in [6.07, 6.45) is 6.77. The molecule has 3 heterocycles. The van der Waals surface area contributed by atoms with Crippen molar-refractivity contribution in [3.05, 3.63) is 64.8 Å². The van der Waals surface area contributed by atoms with Crippen molar-refractivity contribution in [3.63, 3.8) is 0 Å². The van der Waals surface area contributed by atoms with Gasteiger partial charge >= 0.3 is 0 Å². The van der Waals surface area contributed by atoms with E-state index in [-0.39, 0.29) is 0 Å². The van der Waals surface area contributed by atoms with Gasteiger partial charge in [0.1, 0.15) is 18.7 Å². The predicted molar refractivity (Wildman–Crippen MR) is 183 cm³/mol. The highest BCUT2D eigenvalue weighted by Crippen LogP contribution is 2.44. The van der Waals surface area contributed by atoms with Gasteiger partial charge in [-0.1, -0.05) is 30.3 Å². The van der Waals surface area contributed by atoms with Crippen LogP contribution in [0.25, 0.3) is 10.8 Å². The molecule has 2 fully saturated rings. The summed E-state index contributed by atoms with van der Waals surface area (Å²) in [6.45, 7) is 10.2. The van der Waals surface area contributed by atoms with Gasteiger partial charge < -0.3 is 30.2 Å². The number of rotatable bonds is 7. The average molecular weight is 664 g/mol. The van der Waals surface area contributed by atoms with Crippen molar-refractivity contribution in [2.45, 2.75) is 32.6 Å². The number of aryl methyl sites for hydroxylation is 1. The third kappa shape index (κ3) is 6.26. The van der Waals surface area contributed by atoms with E-state index in [1.165, 1.54) is 36.9 Å². The van der Waals surface area contributed by atoms with Gasteiger partial charge in [-0.05, 0) is 109 Å². The minimum Gasteiger partial charge on any atom is -0.494 e. The number of nitrogens with zero attached hydrogens (tertiary/aromatic N) is 3. The third-order valence-corrected chi connectivity index (χ3v) is 11.2. The highest BCUT2D eigenvalue weighted by atomic mass is 79.9. The van der Waals surface area contributed by atoms with E-state index in [1.807, 2.05) is 36.4 Å². The standard InChI is InChI=1S/C33H40BrN6O2P/c1-22-19-27(29(42-2)20-28(22)40-17-13-33(14-18-40)11-15-35-16-12-33)38-32-36-21-25(34)31(39-32)37-26-10-9-23-7-5-6-8-24(23)30(26)43(3,4)41/h5-10,19-21,35H,11-18H2,1-4H3,(H2,36,37,38,39). The van der Waals surface area contributed by atoms with Crippen molar-refractivity contribution in [2.75, 3.05) is 62.2 Å². The van der Waals surface area contributed by atoms with Crippen molar-refractivity contribution in [3.8, 4) is 5.75 Å². The van der Waals surface area contributed by atoms with Crippen molar-refractivity contribution < 1.29 is 9.30 Å². The van der Waals surface area contributed by atoms with Gasteiger partial charge in [0, 0.05) is 36.3 Å².